The molecule has 0 aromatic carbocycles. The number of thioether (sulfide) groups is 1. The molecule has 1 saturated carbocycles. The van der Waals surface area contributed by atoms with Crippen molar-refractivity contribution in [3.63, 3.8) is 0 Å². The highest BCUT2D eigenvalue weighted by Gasteiger charge is 2.39. The average molecular weight is 260 g/mol. The molecule has 2 nitrogen and oxygen atoms in total. The Balaban J connectivity index is 2.21. The quantitative estimate of drug-likeness (QED) is 0.750. The summed E-state index contributed by atoms with van der Waals surface area (Å²) in [6.07, 6.45) is 4.57. The summed E-state index contributed by atoms with van der Waals surface area (Å²) in [5.41, 5.74) is 0.422. The molecule has 2 N–H and O–H groups in total. The van der Waals surface area contributed by atoms with Crippen LogP contribution in [0.3, 0.4) is 0 Å². The second-order valence-corrected chi connectivity index (χ2v) is 6.61. The van der Waals surface area contributed by atoms with Gasteiger partial charge in [-0.2, -0.15) is 0 Å². The third-order valence-electron chi connectivity index (χ3n) is 3.78. The van der Waals surface area contributed by atoms with Crippen molar-refractivity contribution < 1.29 is 14.6 Å². The normalized spacial score (nSPS) is 36.4. The third-order valence-corrected chi connectivity index (χ3v) is 5.13. The number of halogens is 1. The molecule has 17 heavy (non-hydrogen) atoms. The van der Waals surface area contributed by atoms with Crippen LogP contribution < -0.4 is 0 Å². The lowest BCUT2D eigenvalue weighted by atomic mass is 9.82. The summed E-state index contributed by atoms with van der Waals surface area (Å²) in [6.45, 7) is 1.71. The van der Waals surface area contributed by atoms with E-state index >= 15 is 0 Å². The lowest BCUT2D eigenvalue weighted by molar-refractivity contribution is 0.132. The predicted octanol–water partition coefficient (Wildman–Crippen LogP) is 3.00. The standard InChI is InChI=1S/C13H21FO2S/c1-8(15)17-13-10-6-4-2-3-5-9(10)11(14)7-12(13)16/h8,10,12-13,15-16H,2-7H2,1H3/t8-,10?,12?,13?/m0/s1. The first kappa shape index (κ1) is 13.4. The van der Waals surface area contributed by atoms with Crippen LogP contribution in [0.5, 0.6) is 0 Å². The number of aliphatic hydroxyl groups excluding tert-OH is 2. The molecule has 1 fully saturated rings. The molecule has 2 aliphatic rings. The molecule has 98 valence electrons. The first-order chi connectivity index (χ1) is 8.09. The largest absolute Gasteiger partial charge is 0.392 e. The minimum absolute atomic E-state index is 0.0393. The van der Waals surface area contributed by atoms with Gasteiger partial charge in [0.1, 0.15) is 5.83 Å². The molecular weight excluding hydrogens is 239 g/mol. The lowest BCUT2D eigenvalue weighted by Gasteiger charge is -2.36. The van der Waals surface area contributed by atoms with Crippen molar-refractivity contribution in [3.05, 3.63) is 11.4 Å². The number of fused-ring (bicyclic) bond motifs is 1. The zero-order valence-corrected chi connectivity index (χ0v) is 11.0. The van der Waals surface area contributed by atoms with Gasteiger partial charge in [0.05, 0.1) is 11.5 Å². The van der Waals surface area contributed by atoms with E-state index in [1.54, 1.807) is 6.92 Å². The Labute approximate surface area is 106 Å². The third kappa shape index (κ3) is 3.04. The molecule has 4 atom stereocenters. The minimum Gasteiger partial charge on any atom is -0.392 e. The van der Waals surface area contributed by atoms with Gasteiger partial charge in [0.2, 0.25) is 0 Å². The maximum Gasteiger partial charge on any atom is 0.102 e. The van der Waals surface area contributed by atoms with E-state index < -0.39 is 11.5 Å². The highest BCUT2D eigenvalue weighted by Crippen LogP contribution is 2.44. The summed E-state index contributed by atoms with van der Waals surface area (Å²) in [5, 5.41) is 19.5. The van der Waals surface area contributed by atoms with Crippen LogP contribution in [0.2, 0.25) is 0 Å². The molecule has 3 unspecified atom stereocenters. The molecule has 0 heterocycles. The van der Waals surface area contributed by atoms with Crippen LogP contribution in [0.15, 0.2) is 11.4 Å². The molecule has 4 heteroatoms. The van der Waals surface area contributed by atoms with E-state index in [2.05, 4.69) is 0 Å². The van der Waals surface area contributed by atoms with Gasteiger partial charge >= 0.3 is 0 Å². The Morgan fingerprint density at radius 1 is 1.35 bits per heavy atom. The van der Waals surface area contributed by atoms with Crippen LogP contribution >= 0.6 is 11.8 Å². The SMILES string of the molecule is C[C@@H](O)SC1C(O)CC(F)=C2CCCCCC21. The van der Waals surface area contributed by atoms with E-state index in [1.807, 2.05) is 0 Å². The lowest BCUT2D eigenvalue weighted by Crippen LogP contribution is -2.37. The predicted molar refractivity (Wildman–Crippen MR) is 68.4 cm³/mol. The smallest absolute Gasteiger partial charge is 0.102 e. The summed E-state index contributed by atoms with van der Waals surface area (Å²) in [5.74, 6) is 0.0349. The van der Waals surface area contributed by atoms with Gasteiger partial charge in [-0.25, -0.2) is 4.39 Å². The highest BCUT2D eigenvalue weighted by molar-refractivity contribution is 8.00. The van der Waals surface area contributed by atoms with Gasteiger partial charge in [0, 0.05) is 11.7 Å². The fourth-order valence-corrected chi connectivity index (χ4v) is 4.25. The van der Waals surface area contributed by atoms with E-state index in [0.29, 0.717) is 0 Å². The zero-order valence-electron chi connectivity index (χ0n) is 10.2. The fourth-order valence-electron chi connectivity index (χ4n) is 3.03. The number of allylic oxidation sites excluding steroid dienone is 1. The number of hydrogen-bond acceptors (Lipinski definition) is 3. The van der Waals surface area contributed by atoms with Crippen LogP contribution in [0.4, 0.5) is 4.39 Å². The van der Waals surface area contributed by atoms with E-state index in [0.717, 1.165) is 37.7 Å². The van der Waals surface area contributed by atoms with E-state index in [9.17, 15) is 14.6 Å². The summed E-state index contributed by atoms with van der Waals surface area (Å²) >= 11 is 1.39. The summed E-state index contributed by atoms with van der Waals surface area (Å²) < 4.78 is 13.9. The molecule has 0 saturated heterocycles. The maximum absolute atomic E-state index is 13.9. The Bertz CT molecular complexity index is 304. The van der Waals surface area contributed by atoms with Gasteiger partial charge in [-0.3, -0.25) is 0 Å². The van der Waals surface area contributed by atoms with E-state index in [-0.39, 0.29) is 23.4 Å². The first-order valence-electron chi connectivity index (χ1n) is 6.48. The molecular formula is C13H21FO2S. The molecule has 0 radical (unpaired) electrons. The van der Waals surface area contributed by atoms with Crippen LogP contribution in [0.1, 0.15) is 45.4 Å². The van der Waals surface area contributed by atoms with Gasteiger partial charge in [-0.15, -0.1) is 11.8 Å². The van der Waals surface area contributed by atoms with Crippen molar-refractivity contribution in [2.24, 2.45) is 5.92 Å². The average Bonchev–Trinajstić information content (AvgIpc) is 2.49. The van der Waals surface area contributed by atoms with E-state index in [4.69, 9.17) is 0 Å². The minimum atomic E-state index is -0.651. The van der Waals surface area contributed by atoms with Crippen molar-refractivity contribution in [1.82, 2.24) is 0 Å². The van der Waals surface area contributed by atoms with Crippen LogP contribution in [-0.2, 0) is 0 Å². The second-order valence-electron chi connectivity index (χ2n) is 5.11. The number of hydrogen-bond donors (Lipinski definition) is 2. The van der Waals surface area contributed by atoms with Crippen LogP contribution in [0.25, 0.3) is 0 Å². The van der Waals surface area contributed by atoms with Crippen molar-refractivity contribution in [2.75, 3.05) is 0 Å². The molecule has 2 aliphatic carbocycles. The second kappa shape index (κ2) is 5.72. The van der Waals surface area contributed by atoms with Crippen LogP contribution in [0, 0.1) is 5.92 Å². The van der Waals surface area contributed by atoms with Crippen LogP contribution in [-0.4, -0.2) is 27.0 Å². The monoisotopic (exact) mass is 260 g/mol. The van der Waals surface area contributed by atoms with Gasteiger partial charge in [-0.05, 0) is 37.7 Å². The number of rotatable bonds is 2. The van der Waals surface area contributed by atoms with Gasteiger partial charge in [0.15, 0.2) is 0 Å². The molecule has 0 aliphatic heterocycles. The zero-order chi connectivity index (χ0) is 12.4. The molecule has 0 amide bonds. The molecule has 0 aromatic rings. The Kier molecular flexibility index (Phi) is 4.50. The Morgan fingerprint density at radius 3 is 2.82 bits per heavy atom. The van der Waals surface area contributed by atoms with E-state index in [1.165, 1.54) is 11.8 Å². The Morgan fingerprint density at radius 2 is 2.12 bits per heavy atom. The van der Waals surface area contributed by atoms with Crippen molar-refractivity contribution in [2.45, 2.75) is 62.2 Å². The molecule has 0 aromatic heterocycles. The van der Waals surface area contributed by atoms with Crippen molar-refractivity contribution in [3.8, 4) is 0 Å². The fraction of sp³-hybridized carbons (Fsp3) is 0.846. The highest BCUT2D eigenvalue weighted by atomic mass is 32.2. The summed E-state index contributed by atoms with van der Waals surface area (Å²) in [4.78, 5) is 0. The molecule has 0 bridgehead atoms. The topological polar surface area (TPSA) is 40.5 Å². The molecule has 2 rings (SSSR count). The Hall–Kier alpha value is -0.0600. The van der Waals surface area contributed by atoms with Gasteiger partial charge in [0.25, 0.3) is 0 Å². The van der Waals surface area contributed by atoms with Crippen molar-refractivity contribution >= 4 is 11.8 Å². The maximum atomic E-state index is 13.9. The van der Waals surface area contributed by atoms with Gasteiger partial charge in [-0.1, -0.05) is 12.8 Å². The number of aliphatic hydroxyl groups is 2. The van der Waals surface area contributed by atoms with Crippen molar-refractivity contribution in [1.29, 1.82) is 0 Å². The molecule has 0 spiro atoms. The summed E-state index contributed by atoms with van der Waals surface area (Å²) in [7, 11) is 0. The van der Waals surface area contributed by atoms with Gasteiger partial charge < -0.3 is 10.2 Å². The summed E-state index contributed by atoms with van der Waals surface area (Å²) in [6, 6.07) is 0. The first-order valence-corrected chi connectivity index (χ1v) is 7.43.